The molecule has 1 aromatic carbocycles. The molecule has 0 fully saturated rings. The molecule has 0 aliphatic rings. The quantitative estimate of drug-likeness (QED) is 0.431. The SMILES string of the molecule is CCOC(=O)c1cc(CBr)ccc1C(=O)CCBr. The maximum absolute atomic E-state index is 11.9. The standard InChI is InChI=1S/C13H14Br2O3/c1-2-18-13(17)11-7-9(8-15)3-4-10(11)12(16)5-6-14/h3-4,7H,2,5-6,8H2,1H3. The normalized spacial score (nSPS) is 10.2. The number of ether oxygens (including phenoxy) is 1. The molecular formula is C13H14Br2O3. The lowest BCUT2D eigenvalue weighted by atomic mass is 10.00. The highest BCUT2D eigenvalue weighted by Gasteiger charge is 2.18. The number of esters is 1. The summed E-state index contributed by atoms with van der Waals surface area (Å²) in [5.74, 6) is -0.505. The van der Waals surface area contributed by atoms with Crippen LogP contribution in [0.1, 0.15) is 39.6 Å². The second kappa shape index (κ2) is 7.69. The molecule has 0 bridgehead atoms. The summed E-state index contributed by atoms with van der Waals surface area (Å²) >= 11 is 6.55. The lowest BCUT2D eigenvalue weighted by Crippen LogP contribution is -2.12. The van der Waals surface area contributed by atoms with E-state index in [1.165, 1.54) is 0 Å². The second-order valence-corrected chi connectivity index (χ2v) is 4.95. The smallest absolute Gasteiger partial charge is 0.338 e. The van der Waals surface area contributed by atoms with Gasteiger partial charge in [0.25, 0.3) is 0 Å². The maximum Gasteiger partial charge on any atom is 0.338 e. The fourth-order valence-corrected chi connectivity index (χ4v) is 2.22. The van der Waals surface area contributed by atoms with Crippen LogP contribution in [0.4, 0.5) is 0 Å². The highest BCUT2D eigenvalue weighted by molar-refractivity contribution is 9.09. The Morgan fingerprint density at radius 1 is 1.22 bits per heavy atom. The van der Waals surface area contributed by atoms with E-state index in [9.17, 15) is 9.59 Å². The molecule has 18 heavy (non-hydrogen) atoms. The molecule has 0 aliphatic carbocycles. The first-order valence-corrected chi connectivity index (χ1v) is 7.83. The zero-order valence-corrected chi connectivity index (χ0v) is 13.2. The van der Waals surface area contributed by atoms with Crippen molar-refractivity contribution in [3.8, 4) is 0 Å². The van der Waals surface area contributed by atoms with Gasteiger partial charge in [-0.15, -0.1) is 0 Å². The van der Waals surface area contributed by atoms with Gasteiger partial charge in [0.05, 0.1) is 12.2 Å². The number of carbonyl (C=O) groups is 2. The first kappa shape index (κ1) is 15.4. The van der Waals surface area contributed by atoms with Crippen LogP contribution in [0.15, 0.2) is 18.2 Å². The number of ketones is 1. The van der Waals surface area contributed by atoms with Crippen LogP contribution in [0, 0.1) is 0 Å². The van der Waals surface area contributed by atoms with E-state index in [2.05, 4.69) is 31.9 Å². The summed E-state index contributed by atoms with van der Waals surface area (Å²) in [6, 6.07) is 5.22. The van der Waals surface area contributed by atoms with Gasteiger partial charge in [-0.3, -0.25) is 4.79 Å². The second-order valence-electron chi connectivity index (χ2n) is 3.60. The van der Waals surface area contributed by atoms with Crippen molar-refractivity contribution in [2.75, 3.05) is 11.9 Å². The number of hydrogen-bond acceptors (Lipinski definition) is 3. The molecule has 3 nitrogen and oxygen atoms in total. The van der Waals surface area contributed by atoms with Crippen molar-refractivity contribution in [2.24, 2.45) is 0 Å². The molecule has 0 radical (unpaired) electrons. The predicted molar refractivity (Wildman–Crippen MR) is 77.8 cm³/mol. The molecule has 0 aromatic heterocycles. The molecule has 0 N–H and O–H groups in total. The van der Waals surface area contributed by atoms with E-state index in [1.807, 2.05) is 6.07 Å². The topological polar surface area (TPSA) is 43.4 Å². The zero-order valence-electron chi connectivity index (χ0n) is 10.0. The summed E-state index contributed by atoms with van der Waals surface area (Å²) in [6.07, 6.45) is 0.361. The minimum Gasteiger partial charge on any atom is -0.462 e. The number of Topliss-reactive ketones (excluding diaryl/α,β-unsaturated/α-hetero) is 1. The molecule has 0 saturated heterocycles. The Hall–Kier alpha value is -0.680. The molecular weight excluding hydrogens is 364 g/mol. The van der Waals surface area contributed by atoms with Crippen LogP contribution in [0.3, 0.4) is 0 Å². The fourth-order valence-electron chi connectivity index (χ4n) is 1.52. The summed E-state index contributed by atoms with van der Waals surface area (Å²) in [5.41, 5.74) is 1.71. The van der Waals surface area contributed by atoms with Crippen LogP contribution < -0.4 is 0 Å². The average molecular weight is 378 g/mol. The largest absolute Gasteiger partial charge is 0.462 e. The number of rotatable bonds is 6. The molecule has 1 aromatic rings. The maximum atomic E-state index is 11.9. The van der Waals surface area contributed by atoms with E-state index in [-0.39, 0.29) is 5.78 Å². The van der Waals surface area contributed by atoms with E-state index in [0.717, 1.165) is 5.56 Å². The lowest BCUT2D eigenvalue weighted by molar-refractivity contribution is 0.0523. The molecule has 0 aliphatic heterocycles. The number of alkyl halides is 2. The molecule has 0 spiro atoms. The molecule has 0 heterocycles. The summed E-state index contributed by atoms with van der Waals surface area (Å²) in [6.45, 7) is 2.04. The van der Waals surface area contributed by atoms with Crippen molar-refractivity contribution in [3.05, 3.63) is 34.9 Å². The van der Waals surface area contributed by atoms with Crippen LogP contribution in [-0.4, -0.2) is 23.7 Å². The van der Waals surface area contributed by atoms with E-state index < -0.39 is 5.97 Å². The Bertz CT molecular complexity index is 444. The van der Waals surface area contributed by atoms with E-state index in [4.69, 9.17) is 4.74 Å². The Kier molecular flexibility index (Phi) is 6.57. The third-order valence-electron chi connectivity index (χ3n) is 2.36. The Labute approximate surface area is 123 Å². The molecule has 0 atom stereocenters. The Balaban J connectivity index is 3.15. The summed E-state index contributed by atoms with van der Waals surface area (Å²) in [7, 11) is 0. The van der Waals surface area contributed by atoms with Crippen LogP contribution >= 0.6 is 31.9 Å². The van der Waals surface area contributed by atoms with Crippen molar-refractivity contribution in [3.63, 3.8) is 0 Å². The van der Waals surface area contributed by atoms with Crippen molar-refractivity contribution < 1.29 is 14.3 Å². The monoisotopic (exact) mass is 376 g/mol. The van der Waals surface area contributed by atoms with Gasteiger partial charge in [0.1, 0.15) is 0 Å². The van der Waals surface area contributed by atoms with Crippen molar-refractivity contribution in [2.45, 2.75) is 18.7 Å². The molecule has 98 valence electrons. The van der Waals surface area contributed by atoms with E-state index >= 15 is 0 Å². The Morgan fingerprint density at radius 3 is 2.50 bits per heavy atom. The van der Waals surface area contributed by atoms with Gasteiger partial charge in [-0.25, -0.2) is 4.79 Å². The van der Waals surface area contributed by atoms with Crippen LogP contribution in [0.25, 0.3) is 0 Å². The molecule has 5 heteroatoms. The van der Waals surface area contributed by atoms with Gasteiger partial charge < -0.3 is 4.74 Å². The highest BCUT2D eigenvalue weighted by atomic mass is 79.9. The third-order valence-corrected chi connectivity index (χ3v) is 3.40. The minimum absolute atomic E-state index is 0.0592. The van der Waals surface area contributed by atoms with Gasteiger partial charge in [0.2, 0.25) is 0 Å². The molecule has 0 amide bonds. The van der Waals surface area contributed by atoms with Crippen molar-refractivity contribution in [1.82, 2.24) is 0 Å². The number of carbonyl (C=O) groups excluding carboxylic acids is 2. The number of hydrogen-bond donors (Lipinski definition) is 0. The van der Waals surface area contributed by atoms with E-state index in [1.54, 1.807) is 19.1 Å². The fraction of sp³-hybridized carbons (Fsp3) is 0.385. The lowest BCUT2D eigenvalue weighted by Gasteiger charge is -2.09. The number of halogens is 2. The molecule has 0 unspecified atom stereocenters. The van der Waals surface area contributed by atoms with Gasteiger partial charge in [-0.05, 0) is 18.6 Å². The average Bonchev–Trinajstić information content (AvgIpc) is 2.38. The van der Waals surface area contributed by atoms with Gasteiger partial charge in [0, 0.05) is 22.6 Å². The summed E-state index contributed by atoms with van der Waals surface area (Å²) in [4.78, 5) is 23.8. The summed E-state index contributed by atoms with van der Waals surface area (Å²) < 4.78 is 4.98. The van der Waals surface area contributed by atoms with Gasteiger partial charge >= 0.3 is 5.97 Å². The van der Waals surface area contributed by atoms with Gasteiger partial charge in [0.15, 0.2) is 5.78 Å². The van der Waals surface area contributed by atoms with Gasteiger partial charge in [-0.1, -0.05) is 44.0 Å². The predicted octanol–water partition coefficient (Wildman–Crippen LogP) is 3.73. The molecule has 0 saturated carbocycles. The van der Waals surface area contributed by atoms with Crippen LogP contribution in [0.5, 0.6) is 0 Å². The minimum atomic E-state index is -0.446. The van der Waals surface area contributed by atoms with Gasteiger partial charge in [-0.2, -0.15) is 0 Å². The zero-order chi connectivity index (χ0) is 13.5. The van der Waals surface area contributed by atoms with Crippen LogP contribution in [-0.2, 0) is 10.1 Å². The van der Waals surface area contributed by atoms with Crippen molar-refractivity contribution >= 4 is 43.6 Å². The molecule has 1 rings (SSSR count). The Morgan fingerprint density at radius 2 is 1.94 bits per heavy atom. The van der Waals surface area contributed by atoms with Crippen molar-refractivity contribution in [1.29, 1.82) is 0 Å². The number of benzene rings is 1. The summed E-state index contributed by atoms with van der Waals surface area (Å²) in [5, 5.41) is 1.21. The highest BCUT2D eigenvalue weighted by Crippen LogP contribution is 2.18. The van der Waals surface area contributed by atoms with Crippen LogP contribution in [0.2, 0.25) is 0 Å². The first-order chi connectivity index (χ1) is 8.63. The van der Waals surface area contributed by atoms with E-state index in [0.29, 0.717) is 34.8 Å². The first-order valence-electron chi connectivity index (χ1n) is 5.59. The third kappa shape index (κ3) is 3.92.